The van der Waals surface area contributed by atoms with E-state index in [1.807, 2.05) is 0 Å². The number of benzene rings is 1. The minimum atomic E-state index is -3.03. The lowest BCUT2D eigenvalue weighted by atomic mass is 10.2. The summed E-state index contributed by atoms with van der Waals surface area (Å²) < 4.78 is 63.8. The Morgan fingerprint density at radius 3 is 2.35 bits per heavy atom. The van der Waals surface area contributed by atoms with E-state index in [2.05, 4.69) is 10.4 Å². The molecule has 0 aliphatic heterocycles. The van der Waals surface area contributed by atoms with Gasteiger partial charge in [-0.15, -0.1) is 0 Å². The monoisotopic (exact) mass is 333 g/mol. The smallest absolute Gasteiger partial charge is 0.282 e. The van der Waals surface area contributed by atoms with Gasteiger partial charge in [-0.05, 0) is 23.8 Å². The maximum absolute atomic E-state index is 12.8. The Kier molecular flexibility index (Phi) is 5.30. The number of nitrogens with one attached hydrogen (secondary N) is 1. The van der Waals surface area contributed by atoms with E-state index in [0.717, 1.165) is 0 Å². The first-order valence-corrected chi connectivity index (χ1v) is 6.52. The Hall–Kier alpha value is -2.45. The lowest BCUT2D eigenvalue weighted by Gasteiger charge is -2.08. The molecule has 2 rings (SSSR count). The van der Waals surface area contributed by atoms with Crippen LogP contribution in [0, 0.1) is 5.82 Å². The van der Waals surface area contributed by atoms with Gasteiger partial charge in [0, 0.05) is 6.54 Å². The number of alkyl halides is 4. The first kappa shape index (κ1) is 16.9. The summed E-state index contributed by atoms with van der Waals surface area (Å²) >= 11 is 0. The van der Waals surface area contributed by atoms with E-state index in [9.17, 15) is 26.7 Å². The number of aromatic nitrogens is 2. The van der Waals surface area contributed by atoms with Gasteiger partial charge in [0.05, 0.1) is 0 Å². The van der Waals surface area contributed by atoms with Crippen LogP contribution in [0.15, 0.2) is 30.3 Å². The van der Waals surface area contributed by atoms with E-state index in [-0.39, 0.29) is 6.54 Å². The zero-order valence-electron chi connectivity index (χ0n) is 11.6. The standard InChI is InChI=1S/C14H12F5N3O/c15-9-3-1-8(2-4-9)6-20-12(23)7-22-11(14(18)19)5-10(21-22)13(16)17/h1-5,13-14H,6-7H2,(H,20,23). The summed E-state index contributed by atoms with van der Waals surface area (Å²) in [5.74, 6) is -1.11. The molecule has 23 heavy (non-hydrogen) atoms. The van der Waals surface area contributed by atoms with Crippen LogP contribution < -0.4 is 5.32 Å². The molecule has 0 saturated carbocycles. The molecule has 4 nitrogen and oxygen atoms in total. The van der Waals surface area contributed by atoms with Crippen LogP contribution in [0.4, 0.5) is 22.0 Å². The van der Waals surface area contributed by atoms with Crippen LogP contribution in [0.1, 0.15) is 29.8 Å². The van der Waals surface area contributed by atoms with Crippen molar-refractivity contribution >= 4 is 5.91 Å². The van der Waals surface area contributed by atoms with E-state index in [0.29, 0.717) is 16.3 Å². The minimum Gasteiger partial charge on any atom is -0.350 e. The fourth-order valence-electron chi connectivity index (χ4n) is 1.86. The summed E-state index contributed by atoms with van der Waals surface area (Å²) in [5, 5.41) is 5.73. The lowest BCUT2D eigenvalue weighted by Crippen LogP contribution is -2.28. The minimum absolute atomic E-state index is 0.0477. The highest BCUT2D eigenvalue weighted by molar-refractivity contribution is 5.75. The number of nitrogens with zero attached hydrogens (tertiary/aromatic N) is 2. The summed E-state index contributed by atoms with van der Waals surface area (Å²) in [7, 11) is 0. The molecule has 1 N–H and O–H groups in total. The fourth-order valence-corrected chi connectivity index (χ4v) is 1.86. The van der Waals surface area contributed by atoms with Crippen LogP contribution in [0.3, 0.4) is 0 Å². The van der Waals surface area contributed by atoms with E-state index in [4.69, 9.17) is 0 Å². The van der Waals surface area contributed by atoms with Gasteiger partial charge < -0.3 is 5.32 Å². The van der Waals surface area contributed by atoms with Gasteiger partial charge in [0.15, 0.2) is 0 Å². The van der Waals surface area contributed by atoms with Gasteiger partial charge in [-0.25, -0.2) is 22.0 Å². The molecule has 1 aromatic carbocycles. The van der Waals surface area contributed by atoms with Gasteiger partial charge in [-0.1, -0.05) is 12.1 Å². The van der Waals surface area contributed by atoms with E-state index >= 15 is 0 Å². The number of halogens is 5. The van der Waals surface area contributed by atoms with Crippen LogP contribution in [-0.2, 0) is 17.9 Å². The number of hydrogen-bond donors (Lipinski definition) is 1. The average Bonchev–Trinajstić information content (AvgIpc) is 2.91. The molecule has 2 aromatic rings. The lowest BCUT2D eigenvalue weighted by molar-refractivity contribution is -0.122. The summed E-state index contributed by atoms with van der Waals surface area (Å²) in [6.45, 7) is -0.570. The van der Waals surface area contributed by atoms with E-state index in [1.54, 1.807) is 0 Å². The quantitative estimate of drug-likeness (QED) is 0.825. The molecule has 0 unspecified atom stereocenters. The molecule has 124 valence electrons. The largest absolute Gasteiger partial charge is 0.350 e. The van der Waals surface area contributed by atoms with Crippen molar-refractivity contribution in [1.82, 2.24) is 15.1 Å². The predicted octanol–water partition coefficient (Wildman–Crippen LogP) is 3.21. The third-order valence-corrected chi connectivity index (χ3v) is 2.97. The summed E-state index contributed by atoms with van der Waals surface area (Å²) in [6.07, 6.45) is -6.03. The molecule has 0 spiro atoms. The Bertz CT molecular complexity index is 670. The van der Waals surface area contributed by atoms with Gasteiger partial charge in [-0.2, -0.15) is 5.10 Å². The fraction of sp³-hybridized carbons (Fsp3) is 0.286. The number of carbonyl (C=O) groups is 1. The molecule has 0 aliphatic rings. The zero-order valence-corrected chi connectivity index (χ0v) is 11.6. The van der Waals surface area contributed by atoms with Gasteiger partial charge in [0.1, 0.15) is 23.7 Å². The van der Waals surface area contributed by atoms with Crippen LogP contribution in [0.5, 0.6) is 0 Å². The van der Waals surface area contributed by atoms with Crippen molar-refractivity contribution in [2.75, 3.05) is 0 Å². The van der Waals surface area contributed by atoms with Crippen LogP contribution in [0.25, 0.3) is 0 Å². The number of rotatable bonds is 6. The first-order valence-electron chi connectivity index (χ1n) is 6.52. The second-order valence-corrected chi connectivity index (χ2v) is 4.66. The van der Waals surface area contributed by atoms with Gasteiger partial charge in [0.25, 0.3) is 12.9 Å². The molecule has 9 heteroatoms. The Balaban J connectivity index is 2.00. The maximum Gasteiger partial charge on any atom is 0.282 e. The number of carbonyl (C=O) groups excluding carboxylic acids is 1. The highest BCUT2D eigenvalue weighted by atomic mass is 19.3. The van der Waals surface area contributed by atoms with Crippen molar-refractivity contribution in [2.45, 2.75) is 25.9 Å². The third kappa shape index (κ3) is 4.51. The van der Waals surface area contributed by atoms with Crippen molar-refractivity contribution < 1.29 is 26.7 Å². The molecule has 1 amide bonds. The van der Waals surface area contributed by atoms with Gasteiger partial charge in [0.2, 0.25) is 5.91 Å². The molecular weight excluding hydrogens is 321 g/mol. The predicted molar refractivity (Wildman–Crippen MR) is 70.4 cm³/mol. The van der Waals surface area contributed by atoms with Crippen molar-refractivity contribution in [1.29, 1.82) is 0 Å². The summed E-state index contributed by atoms with van der Waals surface area (Å²) in [6, 6.07) is 5.88. The van der Waals surface area contributed by atoms with Crippen molar-refractivity contribution in [3.05, 3.63) is 53.1 Å². The van der Waals surface area contributed by atoms with Crippen LogP contribution in [-0.4, -0.2) is 15.7 Å². The maximum atomic E-state index is 12.8. The SMILES string of the molecule is O=C(Cn1nc(C(F)F)cc1C(F)F)NCc1ccc(F)cc1. The van der Waals surface area contributed by atoms with E-state index in [1.165, 1.54) is 24.3 Å². The topological polar surface area (TPSA) is 46.9 Å². The molecule has 0 radical (unpaired) electrons. The van der Waals surface area contributed by atoms with Gasteiger partial charge in [-0.3, -0.25) is 9.48 Å². The normalized spacial score (nSPS) is 11.3. The highest BCUT2D eigenvalue weighted by Crippen LogP contribution is 2.24. The van der Waals surface area contributed by atoms with E-state index < -0.39 is 42.5 Å². The van der Waals surface area contributed by atoms with Crippen molar-refractivity contribution in [3.63, 3.8) is 0 Å². The average molecular weight is 333 g/mol. The molecule has 0 fully saturated rings. The molecule has 0 bridgehead atoms. The van der Waals surface area contributed by atoms with Crippen LogP contribution >= 0.6 is 0 Å². The molecule has 0 atom stereocenters. The number of hydrogen-bond acceptors (Lipinski definition) is 2. The third-order valence-electron chi connectivity index (χ3n) is 2.97. The van der Waals surface area contributed by atoms with Crippen LogP contribution in [0.2, 0.25) is 0 Å². The molecule has 1 heterocycles. The highest BCUT2D eigenvalue weighted by Gasteiger charge is 2.22. The molecule has 1 aromatic heterocycles. The van der Waals surface area contributed by atoms with Crippen molar-refractivity contribution in [2.24, 2.45) is 0 Å². The number of amides is 1. The Morgan fingerprint density at radius 1 is 1.13 bits per heavy atom. The molecular formula is C14H12F5N3O. The van der Waals surface area contributed by atoms with Gasteiger partial charge >= 0.3 is 0 Å². The second-order valence-electron chi connectivity index (χ2n) is 4.66. The molecule has 0 saturated heterocycles. The second kappa shape index (κ2) is 7.21. The Morgan fingerprint density at radius 2 is 1.78 bits per heavy atom. The first-order chi connectivity index (χ1) is 10.9. The molecule has 0 aliphatic carbocycles. The zero-order chi connectivity index (χ0) is 17.0. The summed E-state index contributed by atoms with van der Waals surface area (Å²) in [4.78, 5) is 11.7. The van der Waals surface area contributed by atoms with Crippen molar-refractivity contribution in [3.8, 4) is 0 Å². The summed E-state index contributed by atoms with van der Waals surface area (Å²) in [5.41, 5.74) is -0.966. The Labute approximate surface area is 127 Å².